The Morgan fingerprint density at radius 2 is 2.04 bits per heavy atom. The number of piperidine rings is 3. The number of oxazole rings is 1. The monoisotopic (exact) mass is 315 g/mol. The van der Waals surface area contributed by atoms with Gasteiger partial charge in [-0.05, 0) is 50.9 Å². The fourth-order valence-corrected chi connectivity index (χ4v) is 4.35. The zero-order valence-corrected chi connectivity index (χ0v) is 13.2. The third-order valence-corrected chi connectivity index (χ3v) is 5.55. The number of aromatic nitrogens is 2. The Bertz CT molecular complexity index is 754. The van der Waals surface area contributed by atoms with Gasteiger partial charge in [-0.25, -0.2) is 4.98 Å². The highest BCUT2D eigenvalue weighted by Gasteiger charge is 2.55. The first-order valence-electron chi connectivity index (χ1n) is 8.30. The van der Waals surface area contributed by atoms with Crippen LogP contribution in [0.15, 0.2) is 16.5 Å². The van der Waals surface area contributed by atoms with Gasteiger partial charge in [-0.15, -0.1) is 0 Å². The van der Waals surface area contributed by atoms with Crippen molar-refractivity contribution in [2.45, 2.75) is 31.7 Å². The Hall–Kier alpha value is -1.70. The van der Waals surface area contributed by atoms with Crippen molar-refractivity contribution in [1.29, 1.82) is 0 Å². The van der Waals surface area contributed by atoms with Crippen LogP contribution in [0.25, 0.3) is 11.2 Å². The van der Waals surface area contributed by atoms with Gasteiger partial charge in [-0.3, -0.25) is 10.6 Å². The summed E-state index contributed by atoms with van der Waals surface area (Å²) in [5, 5.41) is 0. The van der Waals surface area contributed by atoms with Crippen molar-refractivity contribution >= 4 is 17.2 Å². The van der Waals surface area contributed by atoms with Crippen LogP contribution in [-0.4, -0.2) is 53.0 Å². The van der Waals surface area contributed by atoms with Gasteiger partial charge in [-0.2, -0.15) is 4.98 Å². The zero-order valence-electron chi connectivity index (χ0n) is 13.2. The highest BCUT2D eigenvalue weighted by molar-refractivity contribution is 5.70. The minimum Gasteiger partial charge on any atom is -0.404 e. The van der Waals surface area contributed by atoms with Gasteiger partial charge in [0, 0.05) is 12.2 Å². The third-order valence-electron chi connectivity index (χ3n) is 5.55. The Kier molecular flexibility index (Phi) is 2.78. The molecule has 7 nitrogen and oxygen atoms in total. The fourth-order valence-electron chi connectivity index (χ4n) is 4.35. The van der Waals surface area contributed by atoms with E-state index in [2.05, 4.69) is 14.9 Å². The first kappa shape index (κ1) is 13.7. The predicted molar refractivity (Wildman–Crippen MR) is 84.8 cm³/mol. The van der Waals surface area contributed by atoms with Crippen LogP contribution < -0.4 is 10.6 Å². The maximum atomic E-state index is 6.26. The molecule has 2 bridgehead atoms. The van der Waals surface area contributed by atoms with Gasteiger partial charge in [-0.1, -0.05) is 0 Å². The molecule has 122 valence electrons. The van der Waals surface area contributed by atoms with Gasteiger partial charge in [0.15, 0.2) is 6.35 Å². The minimum atomic E-state index is -0.510. The van der Waals surface area contributed by atoms with Crippen LogP contribution in [0, 0.1) is 12.8 Å². The summed E-state index contributed by atoms with van der Waals surface area (Å²) in [6.45, 7) is 5.99. The third kappa shape index (κ3) is 2.00. The summed E-state index contributed by atoms with van der Waals surface area (Å²) < 4.78 is 12.1. The van der Waals surface area contributed by atoms with E-state index in [0.717, 1.165) is 24.3 Å². The maximum Gasteiger partial charge on any atom is 0.303 e. The second-order valence-electron chi connectivity index (χ2n) is 7.02. The molecular formula is C16H21N5O2. The van der Waals surface area contributed by atoms with Crippen molar-refractivity contribution < 1.29 is 9.15 Å². The molecule has 4 aliphatic heterocycles. The Labute approximate surface area is 134 Å². The molecule has 2 atom stereocenters. The fraction of sp³-hybridized carbons (Fsp3) is 0.625. The molecule has 2 N–H and O–H groups in total. The van der Waals surface area contributed by atoms with Crippen LogP contribution >= 0.6 is 0 Å². The van der Waals surface area contributed by atoms with Crippen LogP contribution in [0.5, 0.6) is 0 Å². The molecule has 2 aromatic rings. The van der Waals surface area contributed by atoms with E-state index in [4.69, 9.17) is 14.9 Å². The number of nitrogens with zero attached hydrogens (tertiary/aromatic N) is 4. The number of pyridine rings is 1. The van der Waals surface area contributed by atoms with Crippen molar-refractivity contribution in [3.8, 4) is 0 Å². The second kappa shape index (κ2) is 4.66. The number of fused-ring (bicyclic) bond motifs is 3. The van der Waals surface area contributed by atoms with Crippen molar-refractivity contribution in [2.24, 2.45) is 11.7 Å². The van der Waals surface area contributed by atoms with Crippen molar-refractivity contribution in [1.82, 2.24) is 14.9 Å². The smallest absolute Gasteiger partial charge is 0.303 e. The van der Waals surface area contributed by atoms with E-state index >= 15 is 0 Å². The predicted octanol–water partition coefficient (Wildman–Crippen LogP) is 1.07. The topological polar surface area (TPSA) is 80.7 Å². The SMILES string of the molecule is Cc1ccc2nc(N3CC4(CN5CCC4CC5)OC3N)oc2n1. The number of anilines is 1. The van der Waals surface area contributed by atoms with Crippen molar-refractivity contribution in [3.63, 3.8) is 0 Å². The van der Waals surface area contributed by atoms with Crippen LogP contribution in [-0.2, 0) is 4.74 Å². The van der Waals surface area contributed by atoms with Gasteiger partial charge < -0.3 is 14.1 Å². The lowest BCUT2D eigenvalue weighted by molar-refractivity contribution is -0.137. The summed E-state index contributed by atoms with van der Waals surface area (Å²) in [6.07, 6.45) is 1.87. The molecule has 4 aliphatic rings. The summed E-state index contributed by atoms with van der Waals surface area (Å²) in [5.41, 5.74) is 8.31. The average Bonchev–Trinajstić information content (AvgIpc) is 3.09. The van der Waals surface area contributed by atoms with Crippen molar-refractivity contribution in [3.05, 3.63) is 17.8 Å². The molecule has 1 spiro atoms. The van der Waals surface area contributed by atoms with E-state index in [0.29, 0.717) is 17.6 Å². The van der Waals surface area contributed by atoms with Gasteiger partial charge in [0.25, 0.3) is 0 Å². The highest BCUT2D eigenvalue weighted by atomic mass is 16.6. The number of nitrogens with two attached hydrogens (primary N) is 1. The van der Waals surface area contributed by atoms with Gasteiger partial charge >= 0.3 is 6.01 Å². The van der Waals surface area contributed by atoms with Crippen LogP contribution in [0.2, 0.25) is 0 Å². The molecule has 0 amide bonds. The Morgan fingerprint density at radius 3 is 2.78 bits per heavy atom. The van der Waals surface area contributed by atoms with E-state index in [1.807, 2.05) is 24.0 Å². The lowest BCUT2D eigenvalue weighted by atomic mass is 9.75. The standard InChI is InChI=1S/C16H21N5O2/c1-10-2-3-12-13(18-10)22-15(19-12)21-9-16(23-14(21)17)8-20-6-4-11(16)5-7-20/h2-3,11,14H,4-9,17H2,1H3. The van der Waals surface area contributed by atoms with E-state index in [1.165, 1.54) is 25.9 Å². The highest BCUT2D eigenvalue weighted by Crippen LogP contribution is 2.43. The molecule has 0 saturated carbocycles. The maximum absolute atomic E-state index is 6.26. The number of rotatable bonds is 1. The van der Waals surface area contributed by atoms with Crippen LogP contribution in [0.3, 0.4) is 0 Å². The summed E-state index contributed by atoms with van der Waals surface area (Å²) in [4.78, 5) is 13.4. The molecule has 4 fully saturated rings. The number of ether oxygens (including phenoxy) is 1. The molecule has 0 radical (unpaired) electrons. The molecule has 6 heterocycles. The molecule has 4 saturated heterocycles. The largest absolute Gasteiger partial charge is 0.404 e. The first-order valence-corrected chi connectivity index (χ1v) is 8.30. The second-order valence-corrected chi connectivity index (χ2v) is 7.02. The number of hydrogen-bond acceptors (Lipinski definition) is 7. The number of hydrogen-bond donors (Lipinski definition) is 1. The zero-order chi connectivity index (χ0) is 15.6. The lowest BCUT2D eigenvalue weighted by Crippen LogP contribution is -2.61. The Balaban J connectivity index is 1.48. The summed E-state index contributed by atoms with van der Waals surface area (Å²) >= 11 is 0. The molecule has 2 aromatic heterocycles. The minimum absolute atomic E-state index is 0.181. The molecule has 23 heavy (non-hydrogen) atoms. The first-order chi connectivity index (χ1) is 11.1. The van der Waals surface area contributed by atoms with Crippen molar-refractivity contribution in [2.75, 3.05) is 31.1 Å². The molecule has 0 aliphatic carbocycles. The van der Waals surface area contributed by atoms with Gasteiger partial charge in [0.2, 0.25) is 5.71 Å². The van der Waals surface area contributed by atoms with E-state index < -0.39 is 6.35 Å². The molecule has 2 unspecified atom stereocenters. The molecule has 0 aromatic carbocycles. The average molecular weight is 315 g/mol. The lowest BCUT2D eigenvalue weighted by Gasteiger charge is -2.50. The van der Waals surface area contributed by atoms with E-state index in [9.17, 15) is 0 Å². The molecular weight excluding hydrogens is 294 g/mol. The van der Waals surface area contributed by atoms with E-state index in [-0.39, 0.29) is 5.60 Å². The summed E-state index contributed by atoms with van der Waals surface area (Å²) in [5.74, 6) is 0.577. The van der Waals surface area contributed by atoms with Crippen LogP contribution in [0.4, 0.5) is 6.01 Å². The number of aryl methyl sites for hydroxylation is 1. The molecule has 6 rings (SSSR count). The quantitative estimate of drug-likeness (QED) is 0.843. The normalized spacial score (nSPS) is 36.4. The summed E-state index contributed by atoms with van der Waals surface area (Å²) in [6, 6.07) is 4.38. The van der Waals surface area contributed by atoms with E-state index in [1.54, 1.807) is 0 Å². The van der Waals surface area contributed by atoms with Gasteiger partial charge in [0.05, 0.1) is 6.54 Å². The Morgan fingerprint density at radius 1 is 1.22 bits per heavy atom. The van der Waals surface area contributed by atoms with Crippen LogP contribution in [0.1, 0.15) is 18.5 Å². The van der Waals surface area contributed by atoms with Gasteiger partial charge in [0.1, 0.15) is 11.1 Å². The summed E-state index contributed by atoms with van der Waals surface area (Å²) in [7, 11) is 0. The molecule has 7 heteroatoms.